The fourth-order valence-corrected chi connectivity index (χ4v) is 1.78. The molecule has 19 heavy (non-hydrogen) atoms. The van der Waals surface area contributed by atoms with Crippen molar-refractivity contribution in [2.45, 2.75) is 13.3 Å². The van der Waals surface area contributed by atoms with Crippen molar-refractivity contribution < 1.29 is 9.53 Å². The smallest absolute Gasteiger partial charge is 0.231 e. The van der Waals surface area contributed by atoms with Crippen molar-refractivity contribution in [3.05, 3.63) is 29.8 Å². The maximum Gasteiger partial charge on any atom is 0.231 e. The maximum absolute atomic E-state index is 10.8. The van der Waals surface area contributed by atoms with Gasteiger partial charge in [-0.2, -0.15) is 0 Å². The first kappa shape index (κ1) is 15.5. The maximum atomic E-state index is 10.8. The number of nitrogens with zero attached hydrogens (tertiary/aromatic N) is 1. The molecular weight excluding hydrogens is 242 g/mol. The molecule has 0 aliphatic rings. The van der Waals surface area contributed by atoms with E-state index in [0.29, 0.717) is 19.7 Å². The monoisotopic (exact) mass is 265 g/mol. The Morgan fingerprint density at radius 1 is 1.32 bits per heavy atom. The molecule has 1 aromatic rings. The third-order valence-electron chi connectivity index (χ3n) is 2.86. The van der Waals surface area contributed by atoms with E-state index in [1.807, 2.05) is 36.1 Å². The second kappa shape index (κ2) is 8.50. The van der Waals surface area contributed by atoms with Crippen molar-refractivity contribution in [3.63, 3.8) is 0 Å². The minimum atomic E-state index is -0.312. The lowest BCUT2D eigenvalue weighted by Gasteiger charge is -2.18. The molecule has 0 fully saturated rings. The number of amides is 1. The number of likely N-dealkylation sites (N-methyl/N-ethyl adjacent to an activating group) is 1. The highest BCUT2D eigenvalue weighted by molar-refractivity contribution is 5.75. The number of primary amides is 1. The molecule has 0 atom stereocenters. The Morgan fingerprint density at radius 3 is 2.53 bits per heavy atom. The summed E-state index contributed by atoms with van der Waals surface area (Å²) >= 11 is 0. The Morgan fingerprint density at radius 2 is 2.00 bits per heavy atom. The third-order valence-corrected chi connectivity index (χ3v) is 2.86. The quantitative estimate of drug-likeness (QED) is 0.676. The number of nitrogens with two attached hydrogens (primary N) is 2. The van der Waals surface area contributed by atoms with Crippen molar-refractivity contribution in [2.24, 2.45) is 11.5 Å². The minimum Gasteiger partial charge on any atom is -0.492 e. The molecule has 1 amide bonds. The predicted octanol–water partition coefficient (Wildman–Crippen LogP) is 0.374. The third kappa shape index (κ3) is 6.22. The van der Waals surface area contributed by atoms with Crippen molar-refractivity contribution in [1.82, 2.24) is 4.90 Å². The fourth-order valence-electron chi connectivity index (χ4n) is 1.78. The van der Waals surface area contributed by atoms with Crippen LogP contribution in [0.5, 0.6) is 5.75 Å². The van der Waals surface area contributed by atoms with E-state index >= 15 is 0 Å². The van der Waals surface area contributed by atoms with Gasteiger partial charge in [0.05, 0.1) is 6.54 Å². The zero-order valence-corrected chi connectivity index (χ0v) is 11.5. The molecule has 0 aromatic heterocycles. The lowest BCUT2D eigenvalue weighted by molar-refractivity contribution is -0.119. The van der Waals surface area contributed by atoms with Gasteiger partial charge in [-0.3, -0.25) is 9.69 Å². The van der Waals surface area contributed by atoms with E-state index in [-0.39, 0.29) is 12.5 Å². The molecule has 5 heteroatoms. The van der Waals surface area contributed by atoms with Crippen molar-refractivity contribution >= 4 is 5.91 Å². The molecule has 0 saturated heterocycles. The molecule has 106 valence electrons. The topological polar surface area (TPSA) is 81.6 Å². The van der Waals surface area contributed by atoms with Crippen LogP contribution in [-0.2, 0) is 11.2 Å². The van der Waals surface area contributed by atoms with E-state index in [1.165, 1.54) is 5.56 Å². The van der Waals surface area contributed by atoms with E-state index in [0.717, 1.165) is 18.7 Å². The fraction of sp³-hybridized carbons (Fsp3) is 0.500. The van der Waals surface area contributed by atoms with Gasteiger partial charge in [-0.25, -0.2) is 0 Å². The van der Waals surface area contributed by atoms with Gasteiger partial charge in [0.25, 0.3) is 0 Å². The summed E-state index contributed by atoms with van der Waals surface area (Å²) in [4.78, 5) is 12.8. The van der Waals surface area contributed by atoms with Gasteiger partial charge < -0.3 is 16.2 Å². The number of carbonyl (C=O) groups is 1. The average molecular weight is 265 g/mol. The second-order valence-electron chi connectivity index (χ2n) is 4.37. The van der Waals surface area contributed by atoms with Crippen LogP contribution < -0.4 is 16.2 Å². The van der Waals surface area contributed by atoms with Crippen LogP contribution in [-0.4, -0.2) is 43.6 Å². The normalized spacial score (nSPS) is 10.7. The van der Waals surface area contributed by atoms with Gasteiger partial charge in [-0.1, -0.05) is 19.1 Å². The van der Waals surface area contributed by atoms with E-state index in [2.05, 4.69) is 0 Å². The first-order valence-electron chi connectivity index (χ1n) is 6.58. The summed E-state index contributed by atoms with van der Waals surface area (Å²) in [5, 5.41) is 0. The molecule has 0 bridgehead atoms. The van der Waals surface area contributed by atoms with Crippen LogP contribution in [0.4, 0.5) is 0 Å². The number of hydrogen-bond donors (Lipinski definition) is 2. The predicted molar refractivity (Wildman–Crippen MR) is 76.0 cm³/mol. The van der Waals surface area contributed by atoms with Crippen molar-refractivity contribution in [2.75, 3.05) is 32.8 Å². The average Bonchev–Trinajstić information content (AvgIpc) is 2.39. The van der Waals surface area contributed by atoms with Gasteiger partial charge in [0.2, 0.25) is 5.91 Å². The Balaban J connectivity index is 2.33. The highest BCUT2D eigenvalue weighted by Crippen LogP contribution is 2.12. The molecule has 0 heterocycles. The van der Waals surface area contributed by atoms with Gasteiger partial charge >= 0.3 is 0 Å². The summed E-state index contributed by atoms with van der Waals surface area (Å²) < 4.78 is 5.63. The van der Waals surface area contributed by atoms with Crippen LogP contribution in [0.15, 0.2) is 24.3 Å². The van der Waals surface area contributed by atoms with Gasteiger partial charge in [-0.15, -0.1) is 0 Å². The van der Waals surface area contributed by atoms with Crippen LogP contribution >= 0.6 is 0 Å². The van der Waals surface area contributed by atoms with Gasteiger partial charge in [0, 0.05) is 6.54 Å². The number of hydrogen-bond acceptors (Lipinski definition) is 4. The Labute approximate surface area is 114 Å². The molecule has 0 radical (unpaired) electrons. The van der Waals surface area contributed by atoms with Crippen LogP contribution in [0.1, 0.15) is 12.5 Å². The van der Waals surface area contributed by atoms with Gasteiger partial charge in [0.15, 0.2) is 0 Å². The number of rotatable bonds is 9. The molecule has 4 N–H and O–H groups in total. The van der Waals surface area contributed by atoms with Crippen LogP contribution in [0.25, 0.3) is 0 Å². The number of carbonyl (C=O) groups excluding carboxylic acids is 1. The highest BCUT2D eigenvalue weighted by Gasteiger charge is 2.05. The second-order valence-corrected chi connectivity index (χ2v) is 4.37. The molecule has 0 spiro atoms. The minimum absolute atomic E-state index is 0.273. The van der Waals surface area contributed by atoms with Gasteiger partial charge in [0.1, 0.15) is 12.4 Å². The molecule has 5 nitrogen and oxygen atoms in total. The number of benzene rings is 1. The first-order chi connectivity index (χ1) is 9.15. The summed E-state index contributed by atoms with van der Waals surface area (Å²) in [6.45, 7) is 4.92. The summed E-state index contributed by atoms with van der Waals surface area (Å²) in [5.41, 5.74) is 11.9. The Kier molecular flexibility index (Phi) is 6.92. The zero-order chi connectivity index (χ0) is 14.1. The van der Waals surface area contributed by atoms with E-state index in [4.69, 9.17) is 16.2 Å². The summed E-state index contributed by atoms with van der Waals surface area (Å²) in [5.74, 6) is 0.517. The van der Waals surface area contributed by atoms with Crippen molar-refractivity contribution in [1.29, 1.82) is 0 Å². The molecule has 0 aliphatic carbocycles. The summed E-state index contributed by atoms with van der Waals surface area (Å²) in [6.07, 6.45) is 0.877. The highest BCUT2D eigenvalue weighted by atomic mass is 16.5. The molecule has 1 aromatic carbocycles. The SMILES string of the molecule is CCN(CCOc1ccc(CCN)cc1)CC(N)=O. The Bertz CT molecular complexity index is 379. The van der Waals surface area contributed by atoms with E-state index < -0.39 is 0 Å². The molecular formula is C14H23N3O2. The van der Waals surface area contributed by atoms with Crippen LogP contribution in [0.3, 0.4) is 0 Å². The number of ether oxygens (including phenoxy) is 1. The summed E-state index contributed by atoms with van der Waals surface area (Å²) in [6, 6.07) is 7.91. The van der Waals surface area contributed by atoms with Crippen molar-refractivity contribution in [3.8, 4) is 5.75 Å². The lowest BCUT2D eigenvalue weighted by Crippen LogP contribution is -2.36. The lowest BCUT2D eigenvalue weighted by atomic mass is 10.1. The van der Waals surface area contributed by atoms with E-state index in [1.54, 1.807) is 0 Å². The van der Waals surface area contributed by atoms with Gasteiger partial charge in [-0.05, 0) is 37.2 Å². The zero-order valence-electron chi connectivity index (χ0n) is 11.5. The van der Waals surface area contributed by atoms with Crippen LogP contribution in [0, 0.1) is 0 Å². The summed E-state index contributed by atoms with van der Waals surface area (Å²) in [7, 11) is 0. The molecule has 0 aliphatic heterocycles. The largest absolute Gasteiger partial charge is 0.492 e. The Hall–Kier alpha value is -1.59. The molecule has 0 saturated carbocycles. The first-order valence-corrected chi connectivity index (χ1v) is 6.58. The molecule has 1 rings (SSSR count). The van der Waals surface area contributed by atoms with E-state index in [9.17, 15) is 4.79 Å². The standard InChI is InChI=1S/C14H23N3O2/c1-2-17(11-14(16)18)9-10-19-13-5-3-12(4-6-13)7-8-15/h3-6H,2,7-11,15H2,1H3,(H2,16,18). The molecule has 0 unspecified atom stereocenters. The van der Waals surface area contributed by atoms with Crippen LogP contribution in [0.2, 0.25) is 0 Å².